The summed E-state index contributed by atoms with van der Waals surface area (Å²) in [5.74, 6) is 0.140. The van der Waals surface area contributed by atoms with Gasteiger partial charge in [-0.2, -0.15) is 0 Å². The van der Waals surface area contributed by atoms with E-state index in [1.54, 1.807) is 4.90 Å². The first-order valence-electron chi connectivity index (χ1n) is 7.57. The van der Waals surface area contributed by atoms with Crippen molar-refractivity contribution in [3.05, 3.63) is 36.0 Å². The Morgan fingerprint density at radius 1 is 1.33 bits per heavy atom. The Morgan fingerprint density at radius 3 is 2.71 bits per heavy atom. The number of likely N-dealkylation sites (N-methyl/N-ethyl adjacent to an activating group) is 1. The van der Waals surface area contributed by atoms with E-state index in [0.717, 1.165) is 18.6 Å². The van der Waals surface area contributed by atoms with Crippen LogP contribution in [0.15, 0.2) is 30.5 Å². The Labute approximate surface area is 126 Å². The first kappa shape index (κ1) is 15.6. The van der Waals surface area contributed by atoms with E-state index in [4.69, 9.17) is 0 Å². The lowest BCUT2D eigenvalue weighted by Gasteiger charge is -2.15. The van der Waals surface area contributed by atoms with Crippen molar-refractivity contribution in [3.8, 4) is 0 Å². The zero-order valence-electron chi connectivity index (χ0n) is 13.4. The highest BCUT2D eigenvalue weighted by Crippen LogP contribution is 2.21. The fourth-order valence-corrected chi connectivity index (χ4v) is 2.35. The van der Waals surface area contributed by atoms with Gasteiger partial charge in [-0.15, -0.1) is 0 Å². The van der Waals surface area contributed by atoms with Crippen LogP contribution < -0.4 is 5.32 Å². The molecule has 0 spiro atoms. The van der Waals surface area contributed by atoms with Crippen LogP contribution in [-0.4, -0.2) is 35.0 Å². The molecule has 0 aliphatic heterocycles. The number of aromatic nitrogens is 1. The molecule has 4 heteroatoms. The monoisotopic (exact) mass is 287 g/mol. The van der Waals surface area contributed by atoms with E-state index >= 15 is 0 Å². The molecular weight excluding hydrogens is 262 g/mol. The van der Waals surface area contributed by atoms with E-state index in [1.807, 2.05) is 26.1 Å². The molecule has 1 N–H and O–H groups in total. The second kappa shape index (κ2) is 6.76. The largest absolute Gasteiger partial charge is 0.344 e. The minimum absolute atomic E-state index is 0.140. The van der Waals surface area contributed by atoms with E-state index in [2.05, 4.69) is 42.1 Å². The van der Waals surface area contributed by atoms with Crippen molar-refractivity contribution in [1.82, 2.24) is 14.8 Å². The molecule has 0 aliphatic carbocycles. The Bertz CT molecular complexity index is 616. The Hall–Kier alpha value is -1.81. The van der Waals surface area contributed by atoms with Crippen LogP contribution in [0.1, 0.15) is 26.3 Å². The molecule has 0 radical (unpaired) electrons. The van der Waals surface area contributed by atoms with Crippen LogP contribution in [0.2, 0.25) is 0 Å². The molecule has 0 atom stereocenters. The number of nitrogens with one attached hydrogen (secondary N) is 1. The van der Waals surface area contributed by atoms with Crippen LogP contribution in [0, 0.1) is 0 Å². The molecule has 0 unspecified atom stereocenters. The zero-order valence-corrected chi connectivity index (χ0v) is 13.4. The molecule has 0 aliphatic rings. The predicted molar refractivity (Wildman–Crippen MR) is 87.2 cm³/mol. The van der Waals surface area contributed by atoms with Crippen molar-refractivity contribution in [3.63, 3.8) is 0 Å². The average molecular weight is 287 g/mol. The smallest absolute Gasteiger partial charge is 0.242 e. The van der Waals surface area contributed by atoms with Gasteiger partial charge in [0.2, 0.25) is 5.91 Å². The molecule has 0 bridgehead atoms. The van der Waals surface area contributed by atoms with E-state index in [1.165, 1.54) is 10.9 Å². The van der Waals surface area contributed by atoms with E-state index in [-0.39, 0.29) is 5.91 Å². The van der Waals surface area contributed by atoms with E-state index in [0.29, 0.717) is 12.6 Å². The Kier molecular flexibility index (Phi) is 5.02. The SMILES string of the molecule is CCN(C)C(=O)Cn1cc(CNC(C)C)c2ccccc21. The van der Waals surface area contributed by atoms with Crippen LogP contribution in [0.4, 0.5) is 0 Å². The molecule has 1 aromatic carbocycles. The van der Waals surface area contributed by atoms with Gasteiger partial charge in [0.1, 0.15) is 6.54 Å². The maximum atomic E-state index is 12.2. The van der Waals surface area contributed by atoms with Crippen LogP contribution in [0.5, 0.6) is 0 Å². The van der Waals surface area contributed by atoms with Crippen LogP contribution >= 0.6 is 0 Å². The number of hydrogen-bond acceptors (Lipinski definition) is 2. The highest BCUT2D eigenvalue weighted by atomic mass is 16.2. The number of carbonyl (C=O) groups excluding carboxylic acids is 1. The standard InChI is InChI=1S/C17H25N3O/c1-5-19(4)17(21)12-20-11-14(10-18-13(2)3)15-8-6-7-9-16(15)20/h6-9,11,13,18H,5,10,12H2,1-4H3. The molecule has 21 heavy (non-hydrogen) atoms. The molecule has 2 rings (SSSR count). The minimum atomic E-state index is 0.140. The summed E-state index contributed by atoms with van der Waals surface area (Å²) in [6.07, 6.45) is 2.10. The van der Waals surface area contributed by atoms with Crippen molar-refractivity contribution in [2.24, 2.45) is 0 Å². The molecule has 1 heterocycles. The zero-order chi connectivity index (χ0) is 15.4. The number of nitrogens with zero attached hydrogens (tertiary/aromatic N) is 2. The van der Waals surface area contributed by atoms with Gasteiger partial charge < -0.3 is 14.8 Å². The van der Waals surface area contributed by atoms with Gasteiger partial charge in [0, 0.05) is 43.3 Å². The van der Waals surface area contributed by atoms with Gasteiger partial charge in [-0.3, -0.25) is 4.79 Å². The summed E-state index contributed by atoms with van der Waals surface area (Å²) in [6, 6.07) is 8.71. The molecule has 0 saturated carbocycles. The maximum absolute atomic E-state index is 12.2. The maximum Gasteiger partial charge on any atom is 0.242 e. The van der Waals surface area contributed by atoms with Gasteiger partial charge in [-0.1, -0.05) is 32.0 Å². The molecule has 0 saturated heterocycles. The molecule has 4 nitrogen and oxygen atoms in total. The van der Waals surface area contributed by atoms with Crippen molar-refractivity contribution in [2.45, 2.75) is 39.9 Å². The molecule has 1 amide bonds. The predicted octanol–water partition coefficient (Wildman–Crippen LogP) is 2.62. The fraction of sp³-hybridized carbons (Fsp3) is 0.471. The lowest BCUT2D eigenvalue weighted by molar-refractivity contribution is -0.130. The number of benzene rings is 1. The third-order valence-electron chi connectivity index (χ3n) is 3.78. The topological polar surface area (TPSA) is 37.3 Å². The second-order valence-electron chi connectivity index (χ2n) is 5.74. The molecular formula is C17H25N3O. The number of hydrogen-bond donors (Lipinski definition) is 1. The van der Waals surface area contributed by atoms with Crippen molar-refractivity contribution < 1.29 is 4.79 Å². The minimum Gasteiger partial charge on any atom is -0.344 e. The number of rotatable bonds is 6. The fourth-order valence-electron chi connectivity index (χ4n) is 2.35. The van der Waals surface area contributed by atoms with Gasteiger partial charge in [-0.25, -0.2) is 0 Å². The first-order chi connectivity index (χ1) is 10.0. The third-order valence-corrected chi connectivity index (χ3v) is 3.78. The summed E-state index contributed by atoms with van der Waals surface area (Å²) < 4.78 is 2.06. The highest BCUT2D eigenvalue weighted by molar-refractivity contribution is 5.86. The van der Waals surface area contributed by atoms with Gasteiger partial charge in [0.25, 0.3) is 0 Å². The Morgan fingerprint density at radius 2 is 2.05 bits per heavy atom. The number of para-hydroxylation sites is 1. The van der Waals surface area contributed by atoms with Gasteiger partial charge in [0.05, 0.1) is 0 Å². The van der Waals surface area contributed by atoms with Crippen molar-refractivity contribution in [1.29, 1.82) is 0 Å². The molecule has 2 aromatic rings. The number of carbonyl (C=O) groups is 1. The summed E-state index contributed by atoms with van der Waals surface area (Å²) in [7, 11) is 1.84. The summed E-state index contributed by atoms with van der Waals surface area (Å²) in [5, 5.41) is 4.67. The molecule has 0 fully saturated rings. The lowest BCUT2D eigenvalue weighted by Crippen LogP contribution is -2.29. The average Bonchev–Trinajstić information content (AvgIpc) is 2.82. The molecule has 114 valence electrons. The number of fused-ring (bicyclic) bond motifs is 1. The Balaban J connectivity index is 2.29. The first-order valence-corrected chi connectivity index (χ1v) is 7.57. The molecule has 1 aromatic heterocycles. The lowest BCUT2D eigenvalue weighted by atomic mass is 10.2. The van der Waals surface area contributed by atoms with Crippen LogP contribution in [0.25, 0.3) is 10.9 Å². The normalized spacial score (nSPS) is 11.3. The summed E-state index contributed by atoms with van der Waals surface area (Å²) in [6.45, 7) is 8.22. The quantitative estimate of drug-likeness (QED) is 0.887. The second-order valence-corrected chi connectivity index (χ2v) is 5.74. The van der Waals surface area contributed by atoms with Gasteiger partial charge >= 0.3 is 0 Å². The van der Waals surface area contributed by atoms with Crippen molar-refractivity contribution in [2.75, 3.05) is 13.6 Å². The summed E-state index contributed by atoms with van der Waals surface area (Å²) >= 11 is 0. The third kappa shape index (κ3) is 3.64. The summed E-state index contributed by atoms with van der Waals surface area (Å²) in [4.78, 5) is 13.9. The summed E-state index contributed by atoms with van der Waals surface area (Å²) in [5.41, 5.74) is 2.36. The van der Waals surface area contributed by atoms with Crippen LogP contribution in [0.3, 0.4) is 0 Å². The van der Waals surface area contributed by atoms with E-state index < -0.39 is 0 Å². The van der Waals surface area contributed by atoms with Crippen LogP contribution in [-0.2, 0) is 17.9 Å². The number of amides is 1. The highest BCUT2D eigenvalue weighted by Gasteiger charge is 2.12. The van der Waals surface area contributed by atoms with E-state index in [9.17, 15) is 4.79 Å². The van der Waals surface area contributed by atoms with Crippen molar-refractivity contribution >= 4 is 16.8 Å². The van der Waals surface area contributed by atoms with Gasteiger partial charge in [-0.05, 0) is 18.6 Å². The van der Waals surface area contributed by atoms with Gasteiger partial charge in [0.15, 0.2) is 0 Å².